The van der Waals surface area contributed by atoms with Gasteiger partial charge in [-0.25, -0.2) is 5.43 Å². The van der Waals surface area contributed by atoms with Gasteiger partial charge in [-0.1, -0.05) is 27.6 Å². The highest BCUT2D eigenvalue weighted by molar-refractivity contribution is 9.10. The Balaban J connectivity index is 3.26. The lowest BCUT2D eigenvalue weighted by Gasteiger charge is -2.17. The number of allylic oxidation sites excluding steroid dienone is 1. The Kier molecular flexibility index (Phi) is 4.95. The zero-order chi connectivity index (χ0) is 13.9. The number of hydrazine groups is 1. The average Bonchev–Trinajstić information content (AvgIpc) is 2.25. The predicted molar refractivity (Wildman–Crippen MR) is 68.6 cm³/mol. The number of halogens is 4. The maximum Gasteiger partial charge on any atom is 0.416 e. The minimum atomic E-state index is -4.36. The molecule has 6 heteroatoms. The minimum Gasteiger partial charge on any atom is -0.271 e. The number of nitrogens with one attached hydrogen (secondary N) is 1. The second-order valence-electron chi connectivity index (χ2n) is 4.12. The van der Waals surface area contributed by atoms with Crippen molar-refractivity contribution < 1.29 is 13.2 Å². The molecule has 0 aromatic heterocycles. The molecule has 1 unspecified atom stereocenters. The third-order valence-corrected chi connectivity index (χ3v) is 3.06. The number of hydrogen-bond acceptors (Lipinski definition) is 2. The van der Waals surface area contributed by atoms with Crippen molar-refractivity contribution in [2.45, 2.75) is 26.1 Å². The third kappa shape index (κ3) is 3.83. The molecule has 0 amide bonds. The van der Waals surface area contributed by atoms with Crippen molar-refractivity contribution in [3.8, 4) is 0 Å². The largest absolute Gasteiger partial charge is 0.416 e. The van der Waals surface area contributed by atoms with Crippen LogP contribution < -0.4 is 11.3 Å². The van der Waals surface area contributed by atoms with E-state index in [9.17, 15) is 13.2 Å². The van der Waals surface area contributed by atoms with E-state index in [1.54, 1.807) is 6.08 Å². The van der Waals surface area contributed by atoms with Crippen molar-refractivity contribution in [1.82, 2.24) is 5.43 Å². The van der Waals surface area contributed by atoms with E-state index in [2.05, 4.69) is 21.4 Å². The van der Waals surface area contributed by atoms with Gasteiger partial charge in [0.1, 0.15) is 0 Å². The van der Waals surface area contributed by atoms with Crippen molar-refractivity contribution in [2.24, 2.45) is 5.84 Å². The van der Waals surface area contributed by atoms with Crippen LogP contribution in [-0.4, -0.2) is 0 Å². The summed E-state index contributed by atoms with van der Waals surface area (Å²) in [6.07, 6.45) is -2.60. The monoisotopic (exact) mass is 322 g/mol. The molecule has 1 aromatic rings. The molecule has 2 nitrogen and oxygen atoms in total. The van der Waals surface area contributed by atoms with Crippen LogP contribution in [-0.2, 0) is 6.18 Å². The van der Waals surface area contributed by atoms with Crippen LogP contribution in [0.5, 0.6) is 0 Å². The Morgan fingerprint density at radius 3 is 2.44 bits per heavy atom. The summed E-state index contributed by atoms with van der Waals surface area (Å²) in [6.45, 7) is 3.71. The Hall–Kier alpha value is -0.850. The van der Waals surface area contributed by atoms with Crippen LogP contribution in [0.4, 0.5) is 13.2 Å². The van der Waals surface area contributed by atoms with Gasteiger partial charge in [-0.15, -0.1) is 0 Å². The second kappa shape index (κ2) is 5.86. The van der Waals surface area contributed by atoms with Gasteiger partial charge in [0.25, 0.3) is 0 Å². The Morgan fingerprint density at radius 1 is 1.39 bits per heavy atom. The van der Waals surface area contributed by atoms with Crippen molar-refractivity contribution >= 4 is 15.9 Å². The van der Waals surface area contributed by atoms with E-state index in [-0.39, 0.29) is 0 Å². The molecule has 0 saturated heterocycles. The van der Waals surface area contributed by atoms with Gasteiger partial charge in [0.15, 0.2) is 0 Å². The summed E-state index contributed by atoms with van der Waals surface area (Å²) in [6, 6.07) is 3.03. The average molecular weight is 323 g/mol. The first-order chi connectivity index (χ1) is 8.25. The lowest BCUT2D eigenvalue weighted by Crippen LogP contribution is -2.27. The second-order valence-corrected chi connectivity index (χ2v) is 4.98. The smallest absolute Gasteiger partial charge is 0.271 e. The molecule has 0 radical (unpaired) electrons. The van der Waals surface area contributed by atoms with Crippen molar-refractivity contribution in [3.05, 3.63) is 45.4 Å². The topological polar surface area (TPSA) is 38.0 Å². The summed E-state index contributed by atoms with van der Waals surface area (Å²) in [5.74, 6) is 5.38. The van der Waals surface area contributed by atoms with E-state index in [1.165, 1.54) is 6.07 Å². The minimum absolute atomic E-state index is 0.452. The highest BCUT2D eigenvalue weighted by Gasteiger charge is 2.31. The summed E-state index contributed by atoms with van der Waals surface area (Å²) < 4.78 is 38.5. The molecule has 1 atom stereocenters. The number of hydrogen-bond donors (Lipinski definition) is 2. The van der Waals surface area contributed by atoms with Gasteiger partial charge in [0.2, 0.25) is 0 Å². The molecule has 0 aliphatic rings. The van der Waals surface area contributed by atoms with Gasteiger partial charge in [0.05, 0.1) is 11.6 Å². The molecule has 18 heavy (non-hydrogen) atoms. The molecule has 0 saturated carbocycles. The van der Waals surface area contributed by atoms with Crippen LogP contribution in [0.3, 0.4) is 0 Å². The van der Waals surface area contributed by atoms with Crippen LogP contribution in [0, 0.1) is 0 Å². The van der Waals surface area contributed by atoms with Crippen LogP contribution in [0.2, 0.25) is 0 Å². The highest BCUT2D eigenvalue weighted by atomic mass is 79.9. The first-order valence-electron chi connectivity index (χ1n) is 5.23. The van der Waals surface area contributed by atoms with Gasteiger partial charge in [0, 0.05) is 4.47 Å². The molecule has 0 fully saturated rings. The molecule has 0 spiro atoms. The van der Waals surface area contributed by atoms with E-state index in [4.69, 9.17) is 5.84 Å². The lowest BCUT2D eigenvalue weighted by atomic mass is 10.0. The maximum absolute atomic E-state index is 12.6. The fourth-order valence-electron chi connectivity index (χ4n) is 1.52. The summed E-state index contributed by atoms with van der Waals surface area (Å²) in [5.41, 5.74) is 3.22. The Labute approximate surface area is 112 Å². The van der Waals surface area contributed by atoms with Crippen molar-refractivity contribution in [2.75, 3.05) is 0 Å². The highest BCUT2D eigenvalue weighted by Crippen LogP contribution is 2.34. The SMILES string of the molecule is CC(C)=CC(NN)c1cc(C(F)(F)F)ccc1Br. The zero-order valence-corrected chi connectivity index (χ0v) is 11.6. The normalized spacial score (nSPS) is 13.3. The van der Waals surface area contributed by atoms with Gasteiger partial charge in [-0.3, -0.25) is 5.84 Å². The van der Waals surface area contributed by atoms with E-state index < -0.39 is 17.8 Å². The fraction of sp³-hybridized carbons (Fsp3) is 0.333. The number of alkyl halides is 3. The lowest BCUT2D eigenvalue weighted by molar-refractivity contribution is -0.137. The van der Waals surface area contributed by atoms with E-state index in [0.29, 0.717) is 10.0 Å². The van der Waals surface area contributed by atoms with Gasteiger partial charge < -0.3 is 0 Å². The quantitative estimate of drug-likeness (QED) is 0.502. The number of rotatable bonds is 3. The summed E-state index contributed by atoms with van der Waals surface area (Å²) in [5, 5.41) is 0. The predicted octanol–water partition coefficient (Wildman–Crippen LogP) is 3.94. The third-order valence-electron chi connectivity index (χ3n) is 2.34. The summed E-state index contributed by atoms with van der Waals surface area (Å²) in [4.78, 5) is 0. The maximum atomic E-state index is 12.6. The van der Waals surface area contributed by atoms with Crippen LogP contribution >= 0.6 is 15.9 Å². The molecular formula is C12H14BrF3N2. The van der Waals surface area contributed by atoms with Gasteiger partial charge in [-0.2, -0.15) is 13.2 Å². The van der Waals surface area contributed by atoms with Crippen molar-refractivity contribution in [1.29, 1.82) is 0 Å². The molecule has 0 bridgehead atoms. The van der Waals surface area contributed by atoms with Gasteiger partial charge in [-0.05, 0) is 37.6 Å². The molecular weight excluding hydrogens is 309 g/mol. The van der Waals surface area contributed by atoms with Crippen LogP contribution in [0.25, 0.3) is 0 Å². The van der Waals surface area contributed by atoms with Crippen molar-refractivity contribution in [3.63, 3.8) is 0 Å². The molecule has 3 N–H and O–H groups in total. The van der Waals surface area contributed by atoms with E-state index in [0.717, 1.165) is 17.7 Å². The zero-order valence-electron chi connectivity index (χ0n) is 9.98. The Morgan fingerprint density at radius 2 is 2.00 bits per heavy atom. The van der Waals surface area contributed by atoms with Crippen LogP contribution in [0.1, 0.15) is 31.0 Å². The number of benzene rings is 1. The van der Waals surface area contributed by atoms with E-state index in [1.807, 2.05) is 13.8 Å². The first-order valence-corrected chi connectivity index (χ1v) is 6.02. The molecule has 100 valence electrons. The van der Waals surface area contributed by atoms with E-state index >= 15 is 0 Å². The van der Waals surface area contributed by atoms with Crippen LogP contribution in [0.15, 0.2) is 34.3 Å². The molecule has 0 aliphatic carbocycles. The first kappa shape index (κ1) is 15.2. The molecule has 0 heterocycles. The summed E-state index contributed by atoms with van der Waals surface area (Å²) in [7, 11) is 0. The Bertz CT molecular complexity index is 451. The van der Waals surface area contributed by atoms with Gasteiger partial charge >= 0.3 is 6.18 Å². The summed E-state index contributed by atoms with van der Waals surface area (Å²) >= 11 is 3.24. The molecule has 1 rings (SSSR count). The molecule has 0 aliphatic heterocycles. The number of nitrogens with two attached hydrogens (primary N) is 1. The molecule has 1 aromatic carbocycles. The fourth-order valence-corrected chi connectivity index (χ4v) is 2.01. The standard InChI is InChI=1S/C12H14BrF3N2/c1-7(2)5-11(18-17)9-6-8(12(14,15)16)3-4-10(9)13/h3-6,11,18H,17H2,1-2H3.